The first-order valence-corrected chi connectivity index (χ1v) is 11.4. The number of hydrogen-bond donors (Lipinski definition) is 2. The van der Waals surface area contributed by atoms with Crippen LogP contribution in [-0.4, -0.2) is 40.0 Å². The minimum atomic E-state index is -1.44. The lowest BCUT2D eigenvalue weighted by Gasteiger charge is -2.28. The second kappa shape index (κ2) is 9.61. The summed E-state index contributed by atoms with van der Waals surface area (Å²) in [6, 6.07) is 8.06. The van der Waals surface area contributed by atoms with E-state index in [1.807, 2.05) is 0 Å². The number of carbonyl (C=O) groups excluding carboxylic acids is 2. The fraction of sp³-hybridized carbons (Fsp3) is 0.348. The van der Waals surface area contributed by atoms with Gasteiger partial charge in [-0.1, -0.05) is 30.7 Å². The Balaban J connectivity index is 2.05. The zero-order valence-corrected chi connectivity index (χ0v) is 20.1. The number of amides is 2. The number of carboxylic acids is 1. The van der Waals surface area contributed by atoms with Crippen LogP contribution in [0.5, 0.6) is 0 Å². The molecule has 0 saturated carbocycles. The molecule has 2 N–H and O–H groups in total. The predicted molar refractivity (Wildman–Crippen MR) is 124 cm³/mol. The highest BCUT2D eigenvalue weighted by Gasteiger charge is 2.38. The van der Waals surface area contributed by atoms with Gasteiger partial charge in [-0.05, 0) is 50.6 Å². The lowest BCUT2D eigenvalue weighted by molar-refractivity contribution is -0.120. The second-order valence-corrected chi connectivity index (χ2v) is 10.5. The molecule has 0 aromatic heterocycles. The van der Waals surface area contributed by atoms with Crippen LogP contribution in [0.1, 0.15) is 43.6 Å². The van der Waals surface area contributed by atoms with Crippen molar-refractivity contribution in [1.29, 1.82) is 0 Å². The molecule has 0 saturated heterocycles. The summed E-state index contributed by atoms with van der Waals surface area (Å²) in [5.74, 6) is -2.82. The summed E-state index contributed by atoms with van der Waals surface area (Å²) in [5.41, 5.74) is -0.344. The molecule has 2 amide bonds. The fourth-order valence-electron chi connectivity index (χ4n) is 3.32. The van der Waals surface area contributed by atoms with Crippen LogP contribution in [0.3, 0.4) is 0 Å². The van der Waals surface area contributed by atoms with Gasteiger partial charge in [0, 0.05) is 15.2 Å². The minimum absolute atomic E-state index is 0.0630. The Kier molecular flexibility index (Phi) is 7.23. The number of nitrogens with zero attached hydrogens (tertiary/aromatic N) is 1. The highest BCUT2D eigenvalue weighted by atomic mass is 35.5. The topological polar surface area (TPSA) is 95.9 Å². The van der Waals surface area contributed by atoms with Crippen molar-refractivity contribution in [3.63, 3.8) is 0 Å². The Labute approximate surface area is 200 Å². The van der Waals surface area contributed by atoms with Crippen molar-refractivity contribution in [1.82, 2.24) is 5.32 Å². The molecule has 176 valence electrons. The second-order valence-electron chi connectivity index (χ2n) is 8.60. The number of carbonyl (C=O) groups is 3. The van der Waals surface area contributed by atoms with Gasteiger partial charge in [0.2, 0.25) is 0 Å². The summed E-state index contributed by atoms with van der Waals surface area (Å²) in [4.78, 5) is 39.4. The average Bonchev–Trinajstić information content (AvgIpc) is 2.77. The number of carboxylic acid groups (broad SMARTS) is 1. The van der Waals surface area contributed by atoms with Crippen molar-refractivity contribution >= 4 is 47.0 Å². The van der Waals surface area contributed by atoms with Crippen LogP contribution in [-0.2, 0) is 16.1 Å². The van der Waals surface area contributed by atoms with E-state index >= 15 is 0 Å². The Morgan fingerprint density at radius 2 is 1.88 bits per heavy atom. The predicted octanol–water partition coefficient (Wildman–Crippen LogP) is 5.10. The summed E-state index contributed by atoms with van der Waals surface area (Å²) >= 11 is 7.13. The van der Waals surface area contributed by atoms with Crippen LogP contribution in [0.25, 0.3) is 0 Å². The molecule has 2 atom stereocenters. The number of hydrogen-bond acceptors (Lipinski definition) is 5. The SMILES string of the molecule is C[C@H]1Sc2cc(F)c(C(=O)O)cc2N(Cc2ccc(Cl)cc2)C(=O)[C@H]1NC(=O)OC(C)(C)C. The summed E-state index contributed by atoms with van der Waals surface area (Å²) in [7, 11) is 0. The molecule has 0 bridgehead atoms. The van der Waals surface area contributed by atoms with Gasteiger partial charge in [0.05, 0.1) is 17.8 Å². The maximum absolute atomic E-state index is 14.5. The van der Waals surface area contributed by atoms with Gasteiger partial charge in [0.25, 0.3) is 5.91 Å². The first-order chi connectivity index (χ1) is 15.4. The maximum atomic E-state index is 14.5. The number of alkyl carbamates (subject to hydrolysis) is 1. The number of aromatic carboxylic acids is 1. The molecule has 3 rings (SSSR count). The van der Waals surface area contributed by atoms with Crippen molar-refractivity contribution in [2.24, 2.45) is 0 Å². The van der Waals surface area contributed by atoms with Crippen molar-refractivity contribution < 1.29 is 28.6 Å². The normalized spacial score (nSPS) is 18.4. The van der Waals surface area contributed by atoms with Crippen LogP contribution < -0.4 is 10.2 Å². The number of anilines is 1. The van der Waals surface area contributed by atoms with Gasteiger partial charge < -0.3 is 20.1 Å². The average molecular weight is 495 g/mol. The van der Waals surface area contributed by atoms with Gasteiger partial charge in [-0.2, -0.15) is 0 Å². The lowest BCUT2D eigenvalue weighted by Crippen LogP contribution is -2.52. The van der Waals surface area contributed by atoms with Gasteiger partial charge in [-0.15, -0.1) is 11.8 Å². The van der Waals surface area contributed by atoms with Gasteiger partial charge >= 0.3 is 12.1 Å². The maximum Gasteiger partial charge on any atom is 0.408 e. The van der Waals surface area contributed by atoms with E-state index < -0.39 is 46.2 Å². The molecule has 0 aliphatic carbocycles. The van der Waals surface area contributed by atoms with Crippen molar-refractivity contribution in [2.75, 3.05) is 4.90 Å². The van der Waals surface area contributed by atoms with Gasteiger partial charge in [0.15, 0.2) is 0 Å². The summed E-state index contributed by atoms with van der Waals surface area (Å²) in [6.45, 7) is 6.91. The van der Waals surface area contributed by atoms with Crippen molar-refractivity contribution in [3.05, 3.63) is 58.4 Å². The third-order valence-corrected chi connectivity index (χ3v) is 6.29. The standard InChI is InChI=1S/C23H24ClFN2O5S/c1-12-19(26-22(31)32-23(2,3)4)20(28)27(11-13-5-7-14(24)8-6-13)17-9-15(21(29)30)16(25)10-18(17)33-12/h5-10,12,19H,11H2,1-4H3,(H,26,31)(H,29,30)/t12-,19+/m1/s1. The van der Waals surface area contributed by atoms with E-state index in [0.29, 0.717) is 9.92 Å². The molecule has 33 heavy (non-hydrogen) atoms. The molecule has 1 aliphatic heterocycles. The third kappa shape index (κ3) is 5.97. The zero-order valence-electron chi connectivity index (χ0n) is 18.5. The van der Waals surface area contributed by atoms with Crippen LogP contribution in [0.2, 0.25) is 5.02 Å². The smallest absolute Gasteiger partial charge is 0.408 e. The van der Waals surface area contributed by atoms with Crippen LogP contribution in [0, 0.1) is 5.82 Å². The van der Waals surface area contributed by atoms with Gasteiger partial charge in [-0.3, -0.25) is 4.79 Å². The number of halogens is 2. The molecular weight excluding hydrogens is 471 g/mol. The van der Waals surface area contributed by atoms with Crippen LogP contribution in [0.15, 0.2) is 41.3 Å². The highest BCUT2D eigenvalue weighted by molar-refractivity contribution is 8.00. The Morgan fingerprint density at radius 1 is 1.24 bits per heavy atom. The van der Waals surface area contributed by atoms with E-state index in [1.54, 1.807) is 52.0 Å². The summed E-state index contributed by atoms with van der Waals surface area (Å²) in [6.07, 6.45) is -0.761. The number of benzene rings is 2. The summed E-state index contributed by atoms with van der Waals surface area (Å²) in [5, 5.41) is 12.1. The monoisotopic (exact) mass is 494 g/mol. The number of fused-ring (bicyclic) bond motifs is 1. The zero-order chi connectivity index (χ0) is 24.5. The van der Waals surface area contributed by atoms with E-state index in [0.717, 1.165) is 17.7 Å². The van der Waals surface area contributed by atoms with Crippen molar-refractivity contribution in [2.45, 2.75) is 56.0 Å². The van der Waals surface area contributed by atoms with Crippen molar-refractivity contribution in [3.8, 4) is 0 Å². The molecule has 2 aromatic carbocycles. The molecule has 0 unspecified atom stereocenters. The molecule has 0 radical (unpaired) electrons. The quantitative estimate of drug-likeness (QED) is 0.614. The van der Waals surface area contributed by atoms with E-state index in [4.69, 9.17) is 16.3 Å². The first kappa shape index (κ1) is 24.9. The lowest BCUT2D eigenvalue weighted by atomic mass is 10.1. The molecule has 7 nitrogen and oxygen atoms in total. The Bertz CT molecular complexity index is 1090. The number of thioether (sulfide) groups is 1. The number of nitrogens with one attached hydrogen (secondary N) is 1. The first-order valence-electron chi connectivity index (χ1n) is 10.1. The number of rotatable bonds is 4. The molecule has 1 aliphatic rings. The van der Waals surface area contributed by atoms with Gasteiger partial charge in [-0.25, -0.2) is 14.0 Å². The minimum Gasteiger partial charge on any atom is -0.478 e. The highest BCUT2D eigenvalue weighted by Crippen LogP contribution is 2.40. The third-order valence-electron chi connectivity index (χ3n) is 4.81. The molecule has 0 fully saturated rings. The molecule has 1 heterocycles. The number of ether oxygens (including phenoxy) is 1. The fourth-order valence-corrected chi connectivity index (χ4v) is 4.63. The Morgan fingerprint density at radius 3 is 2.45 bits per heavy atom. The van der Waals surface area contributed by atoms with Crippen LogP contribution >= 0.6 is 23.4 Å². The van der Waals surface area contributed by atoms with E-state index in [9.17, 15) is 23.9 Å². The van der Waals surface area contributed by atoms with Gasteiger partial charge in [0.1, 0.15) is 17.5 Å². The Hall–Kier alpha value is -2.78. The molecule has 10 heteroatoms. The van der Waals surface area contributed by atoms with Crippen LogP contribution in [0.4, 0.5) is 14.9 Å². The molecule has 2 aromatic rings. The van der Waals surface area contributed by atoms with E-state index in [-0.39, 0.29) is 12.2 Å². The molecular formula is C23H24ClFN2O5S. The molecule has 0 spiro atoms. The summed E-state index contributed by atoms with van der Waals surface area (Å²) < 4.78 is 19.8. The largest absolute Gasteiger partial charge is 0.478 e. The van der Waals surface area contributed by atoms with E-state index in [2.05, 4.69) is 5.32 Å². The van der Waals surface area contributed by atoms with E-state index in [1.165, 1.54) is 16.7 Å².